The number of fused-ring (bicyclic) bond motifs is 3. The van der Waals surface area contributed by atoms with Crippen LogP contribution in [0.1, 0.15) is 60.2 Å². The smallest absolute Gasteiger partial charge is 0.337 e. The van der Waals surface area contributed by atoms with Crippen molar-refractivity contribution in [3.05, 3.63) is 53.6 Å². The molecule has 0 amide bonds. The minimum atomic E-state index is -1.22. The third kappa shape index (κ3) is 4.58. The van der Waals surface area contributed by atoms with E-state index in [4.69, 9.17) is 4.74 Å². The van der Waals surface area contributed by atoms with Gasteiger partial charge < -0.3 is 25.2 Å². The largest absolute Gasteiger partial charge is 0.478 e. The molecule has 1 aliphatic heterocycles. The van der Waals surface area contributed by atoms with Crippen molar-refractivity contribution in [2.75, 3.05) is 23.3 Å². The third-order valence-corrected chi connectivity index (χ3v) is 5.91. The second-order valence-electron chi connectivity index (χ2n) is 8.31. The highest BCUT2D eigenvalue weighted by molar-refractivity contribution is 6.03. The van der Waals surface area contributed by atoms with Crippen molar-refractivity contribution < 1.29 is 24.5 Å². The van der Waals surface area contributed by atoms with Gasteiger partial charge in [0, 0.05) is 18.8 Å². The predicted molar refractivity (Wildman–Crippen MR) is 130 cm³/mol. The molecule has 0 saturated heterocycles. The summed E-state index contributed by atoms with van der Waals surface area (Å²) >= 11 is 0. The van der Waals surface area contributed by atoms with E-state index in [2.05, 4.69) is 42.3 Å². The van der Waals surface area contributed by atoms with Gasteiger partial charge in [0.1, 0.15) is 0 Å². The van der Waals surface area contributed by atoms with E-state index in [0.717, 1.165) is 61.3 Å². The van der Waals surface area contributed by atoms with E-state index in [-0.39, 0.29) is 22.6 Å². The molecule has 1 aliphatic rings. The van der Waals surface area contributed by atoms with Gasteiger partial charge in [-0.1, -0.05) is 32.8 Å². The standard InChI is InChI=1S/C26H28N2O5/c1-3-5-9-28(10-6-4-2)19-8-7-16-13-21-22(14-17(16)11-19)33-23-15-18(25(29)30)12-20(26(31)32)24(23)27-21/h7-8,11-15,27H,3-6,9-10H2,1-2H3,(H,29,30)(H,31,32). The third-order valence-electron chi connectivity index (χ3n) is 5.91. The Labute approximate surface area is 192 Å². The average molecular weight is 449 g/mol. The number of benzene rings is 3. The molecule has 172 valence electrons. The Morgan fingerprint density at radius 1 is 0.879 bits per heavy atom. The van der Waals surface area contributed by atoms with Crippen LogP contribution in [0, 0.1) is 0 Å². The molecule has 3 N–H and O–H groups in total. The number of nitrogens with zero attached hydrogens (tertiary/aromatic N) is 1. The number of unbranched alkanes of at least 4 members (excludes halogenated alkanes) is 2. The average Bonchev–Trinajstić information content (AvgIpc) is 2.80. The highest BCUT2D eigenvalue weighted by Crippen LogP contribution is 2.46. The van der Waals surface area contributed by atoms with Gasteiger partial charge in [0.15, 0.2) is 11.5 Å². The van der Waals surface area contributed by atoms with Crippen LogP contribution in [0.25, 0.3) is 10.8 Å². The summed E-state index contributed by atoms with van der Waals surface area (Å²) in [7, 11) is 0. The number of carbonyl (C=O) groups is 2. The second kappa shape index (κ2) is 9.40. The number of anilines is 3. The van der Waals surface area contributed by atoms with Crippen molar-refractivity contribution >= 4 is 39.8 Å². The summed E-state index contributed by atoms with van der Waals surface area (Å²) in [5.41, 5.74) is 1.77. The highest BCUT2D eigenvalue weighted by Gasteiger charge is 2.25. The molecule has 0 aromatic heterocycles. The number of aromatic carboxylic acids is 2. The molecule has 1 heterocycles. The van der Waals surface area contributed by atoms with Crippen LogP contribution < -0.4 is 15.0 Å². The SMILES string of the molecule is CCCCN(CCCC)c1ccc2cc3c(cc2c1)Oc1cc(C(=O)O)cc(C(=O)O)c1N3. The molecule has 33 heavy (non-hydrogen) atoms. The fourth-order valence-corrected chi connectivity index (χ4v) is 4.08. The van der Waals surface area contributed by atoms with Gasteiger partial charge in [-0.25, -0.2) is 9.59 Å². The van der Waals surface area contributed by atoms with Crippen LogP contribution in [0.5, 0.6) is 11.5 Å². The van der Waals surface area contributed by atoms with Gasteiger partial charge in [-0.15, -0.1) is 0 Å². The van der Waals surface area contributed by atoms with Crippen molar-refractivity contribution in [3.63, 3.8) is 0 Å². The van der Waals surface area contributed by atoms with Crippen molar-refractivity contribution in [2.45, 2.75) is 39.5 Å². The molecule has 3 aromatic rings. The number of hydrogen-bond donors (Lipinski definition) is 3. The molecule has 0 aliphatic carbocycles. The molecule has 0 spiro atoms. The predicted octanol–water partition coefficient (Wildman–Crippen LogP) is 6.49. The van der Waals surface area contributed by atoms with Crippen LogP contribution in [0.2, 0.25) is 0 Å². The lowest BCUT2D eigenvalue weighted by molar-refractivity contribution is 0.0696. The molecule has 0 radical (unpaired) electrons. The lowest BCUT2D eigenvalue weighted by Crippen LogP contribution is -2.25. The summed E-state index contributed by atoms with van der Waals surface area (Å²) in [4.78, 5) is 25.6. The number of nitrogens with one attached hydrogen (secondary N) is 1. The van der Waals surface area contributed by atoms with Gasteiger partial charge in [-0.2, -0.15) is 0 Å². The zero-order valence-corrected chi connectivity index (χ0v) is 18.9. The maximum Gasteiger partial charge on any atom is 0.337 e. The maximum atomic E-state index is 11.7. The first-order valence-corrected chi connectivity index (χ1v) is 11.3. The summed E-state index contributed by atoms with van der Waals surface area (Å²) in [6.45, 7) is 6.40. The number of hydrogen-bond acceptors (Lipinski definition) is 5. The van der Waals surface area contributed by atoms with E-state index in [1.165, 1.54) is 6.07 Å². The van der Waals surface area contributed by atoms with Crippen LogP contribution in [0.15, 0.2) is 42.5 Å². The van der Waals surface area contributed by atoms with E-state index in [0.29, 0.717) is 11.4 Å². The molecule has 7 heteroatoms. The first kappa shape index (κ1) is 22.5. The van der Waals surface area contributed by atoms with E-state index in [1.54, 1.807) is 0 Å². The Balaban J connectivity index is 1.73. The van der Waals surface area contributed by atoms with Crippen molar-refractivity contribution in [2.24, 2.45) is 0 Å². The highest BCUT2D eigenvalue weighted by atomic mass is 16.5. The second-order valence-corrected chi connectivity index (χ2v) is 8.31. The first-order chi connectivity index (χ1) is 15.9. The molecule has 0 saturated carbocycles. The lowest BCUT2D eigenvalue weighted by atomic mass is 10.0. The van der Waals surface area contributed by atoms with Crippen molar-refractivity contribution in [1.82, 2.24) is 0 Å². The van der Waals surface area contributed by atoms with Gasteiger partial charge in [0.25, 0.3) is 0 Å². The van der Waals surface area contributed by atoms with Crippen LogP contribution in [-0.2, 0) is 0 Å². The quantitative estimate of drug-likeness (QED) is 0.269. The van der Waals surface area contributed by atoms with E-state index < -0.39 is 11.9 Å². The van der Waals surface area contributed by atoms with Gasteiger partial charge in [0.05, 0.1) is 22.5 Å². The molecule has 0 bridgehead atoms. The molecule has 4 rings (SSSR count). The summed E-state index contributed by atoms with van der Waals surface area (Å²) in [5.74, 6) is -1.72. The molecular formula is C26H28N2O5. The minimum absolute atomic E-state index is 0.137. The fourth-order valence-electron chi connectivity index (χ4n) is 4.08. The van der Waals surface area contributed by atoms with Gasteiger partial charge in [-0.05, 0) is 60.0 Å². The zero-order valence-electron chi connectivity index (χ0n) is 18.9. The topological polar surface area (TPSA) is 99.1 Å². The molecule has 0 fully saturated rings. The van der Waals surface area contributed by atoms with Crippen LogP contribution in [0.4, 0.5) is 17.1 Å². The molecule has 0 atom stereocenters. The Morgan fingerprint density at radius 2 is 1.61 bits per heavy atom. The summed E-state index contributed by atoms with van der Waals surface area (Å²) in [5, 5.41) is 24.1. The van der Waals surface area contributed by atoms with E-state index in [9.17, 15) is 19.8 Å². The first-order valence-electron chi connectivity index (χ1n) is 11.3. The Kier molecular flexibility index (Phi) is 6.40. The summed E-state index contributed by atoms with van der Waals surface area (Å²) in [6, 6.07) is 12.7. The summed E-state index contributed by atoms with van der Waals surface area (Å²) < 4.78 is 5.99. The molecular weight excluding hydrogens is 420 g/mol. The molecule has 7 nitrogen and oxygen atoms in total. The maximum absolute atomic E-state index is 11.7. The van der Waals surface area contributed by atoms with Crippen LogP contribution >= 0.6 is 0 Å². The van der Waals surface area contributed by atoms with E-state index >= 15 is 0 Å². The Hall–Kier alpha value is -3.74. The number of carboxylic acid groups (broad SMARTS) is 2. The van der Waals surface area contributed by atoms with Crippen molar-refractivity contribution in [1.29, 1.82) is 0 Å². The molecule has 0 unspecified atom stereocenters. The van der Waals surface area contributed by atoms with Crippen LogP contribution in [0.3, 0.4) is 0 Å². The lowest BCUT2D eigenvalue weighted by Gasteiger charge is -2.26. The molecule has 3 aromatic carbocycles. The summed E-state index contributed by atoms with van der Waals surface area (Å²) in [6.07, 6.45) is 4.54. The number of ether oxygens (including phenoxy) is 1. The number of carboxylic acids is 2. The van der Waals surface area contributed by atoms with Gasteiger partial charge in [-0.3, -0.25) is 0 Å². The minimum Gasteiger partial charge on any atom is -0.478 e. The van der Waals surface area contributed by atoms with Gasteiger partial charge >= 0.3 is 11.9 Å². The normalized spacial score (nSPS) is 11.8. The Morgan fingerprint density at radius 3 is 2.24 bits per heavy atom. The van der Waals surface area contributed by atoms with Crippen LogP contribution in [-0.4, -0.2) is 35.2 Å². The van der Waals surface area contributed by atoms with E-state index in [1.807, 2.05) is 12.1 Å². The number of rotatable bonds is 9. The zero-order chi connectivity index (χ0) is 23.5. The van der Waals surface area contributed by atoms with Gasteiger partial charge in [0.2, 0.25) is 0 Å². The fraction of sp³-hybridized carbons (Fsp3) is 0.308. The monoisotopic (exact) mass is 448 g/mol. The Bertz CT molecular complexity index is 1210. The van der Waals surface area contributed by atoms with Crippen molar-refractivity contribution in [3.8, 4) is 11.5 Å².